The molecule has 1 aromatic rings. The van der Waals surface area contributed by atoms with Crippen molar-refractivity contribution >= 4 is 23.0 Å². The maximum absolute atomic E-state index is 11.7. The van der Waals surface area contributed by atoms with Crippen molar-refractivity contribution in [3.8, 4) is 0 Å². The third-order valence-electron chi connectivity index (χ3n) is 2.92. The molecule has 0 spiro atoms. The van der Waals surface area contributed by atoms with E-state index in [1.54, 1.807) is 30.1 Å². The Labute approximate surface area is 118 Å². The Bertz CT molecular complexity index is 491. The molecule has 1 aromatic carbocycles. The molecule has 110 valence electrons. The van der Waals surface area contributed by atoms with Crippen molar-refractivity contribution in [3.63, 3.8) is 0 Å². The maximum Gasteiger partial charge on any atom is 0.315 e. The topological polar surface area (TPSA) is 87.5 Å². The number of anilines is 2. The summed E-state index contributed by atoms with van der Waals surface area (Å²) in [6.45, 7) is 4.94. The van der Waals surface area contributed by atoms with Gasteiger partial charge in [0, 0.05) is 20.1 Å². The van der Waals surface area contributed by atoms with E-state index in [2.05, 4.69) is 10.6 Å². The van der Waals surface area contributed by atoms with Crippen molar-refractivity contribution in [2.45, 2.75) is 13.8 Å². The second-order valence-corrected chi connectivity index (χ2v) is 4.25. The number of para-hydroxylation sites is 1. The first-order valence-electron chi connectivity index (χ1n) is 6.50. The number of amides is 1. The van der Waals surface area contributed by atoms with E-state index in [0.29, 0.717) is 24.5 Å². The van der Waals surface area contributed by atoms with Gasteiger partial charge >= 0.3 is 5.69 Å². The van der Waals surface area contributed by atoms with Crippen LogP contribution < -0.4 is 10.6 Å². The third kappa shape index (κ3) is 3.84. The average molecular weight is 280 g/mol. The fraction of sp³-hybridized carbons (Fsp3) is 0.462. The monoisotopic (exact) mass is 280 g/mol. The van der Waals surface area contributed by atoms with Gasteiger partial charge in [-0.1, -0.05) is 6.07 Å². The number of nitro groups is 1. The lowest BCUT2D eigenvalue weighted by Crippen LogP contribution is -2.32. The minimum Gasteiger partial charge on any atom is -0.380 e. The highest BCUT2D eigenvalue weighted by atomic mass is 16.6. The molecule has 0 aliphatic heterocycles. The smallest absolute Gasteiger partial charge is 0.315 e. The van der Waals surface area contributed by atoms with E-state index in [1.165, 1.54) is 0 Å². The van der Waals surface area contributed by atoms with Crippen molar-refractivity contribution in [1.82, 2.24) is 4.90 Å². The lowest BCUT2D eigenvalue weighted by atomic mass is 10.2. The summed E-state index contributed by atoms with van der Waals surface area (Å²) in [6.07, 6.45) is 0. The maximum atomic E-state index is 11.7. The van der Waals surface area contributed by atoms with Crippen molar-refractivity contribution in [2.75, 3.05) is 37.3 Å². The van der Waals surface area contributed by atoms with Crippen LogP contribution in [0.2, 0.25) is 0 Å². The quantitative estimate of drug-likeness (QED) is 0.588. The van der Waals surface area contributed by atoms with Gasteiger partial charge in [0.1, 0.15) is 11.4 Å². The van der Waals surface area contributed by atoms with Crippen LogP contribution in [-0.4, -0.2) is 42.4 Å². The van der Waals surface area contributed by atoms with Gasteiger partial charge in [0.25, 0.3) is 0 Å². The summed E-state index contributed by atoms with van der Waals surface area (Å²) in [5.41, 5.74) is 0.742. The highest BCUT2D eigenvalue weighted by molar-refractivity contribution is 5.83. The Balaban J connectivity index is 2.92. The second kappa shape index (κ2) is 7.32. The fourth-order valence-corrected chi connectivity index (χ4v) is 1.70. The van der Waals surface area contributed by atoms with Crippen LogP contribution in [-0.2, 0) is 4.79 Å². The Kier molecular flexibility index (Phi) is 5.76. The molecule has 7 heteroatoms. The normalized spacial score (nSPS) is 9.95. The standard InChI is InChI=1S/C13H20N4O3/c1-4-14-10-7-6-8-11(13(10)17(19)20)15-9-12(18)16(3)5-2/h6-8,14-15H,4-5,9H2,1-3H3. The zero-order valence-electron chi connectivity index (χ0n) is 12.0. The molecule has 0 saturated carbocycles. The van der Waals surface area contributed by atoms with Crippen LogP contribution >= 0.6 is 0 Å². The van der Waals surface area contributed by atoms with Gasteiger partial charge in [0.2, 0.25) is 5.91 Å². The van der Waals surface area contributed by atoms with Crippen LogP contribution in [0.5, 0.6) is 0 Å². The van der Waals surface area contributed by atoms with Crippen molar-refractivity contribution in [3.05, 3.63) is 28.3 Å². The van der Waals surface area contributed by atoms with Crippen molar-refractivity contribution in [2.24, 2.45) is 0 Å². The molecule has 0 heterocycles. The first-order valence-corrected chi connectivity index (χ1v) is 6.50. The van der Waals surface area contributed by atoms with Crippen LogP contribution in [0.4, 0.5) is 17.1 Å². The summed E-state index contributed by atoms with van der Waals surface area (Å²) in [4.78, 5) is 24.0. The highest BCUT2D eigenvalue weighted by Gasteiger charge is 2.19. The van der Waals surface area contributed by atoms with E-state index in [0.717, 1.165) is 0 Å². The van der Waals surface area contributed by atoms with Crippen LogP contribution in [0.3, 0.4) is 0 Å². The summed E-state index contributed by atoms with van der Waals surface area (Å²) in [5.74, 6) is -0.115. The van der Waals surface area contributed by atoms with Crippen LogP contribution in [0.15, 0.2) is 18.2 Å². The van der Waals surface area contributed by atoms with Crippen LogP contribution in [0.1, 0.15) is 13.8 Å². The van der Waals surface area contributed by atoms with Gasteiger partial charge < -0.3 is 15.5 Å². The minimum atomic E-state index is -0.450. The molecule has 7 nitrogen and oxygen atoms in total. The summed E-state index contributed by atoms with van der Waals surface area (Å²) < 4.78 is 0. The Hall–Kier alpha value is -2.31. The number of rotatable bonds is 7. The zero-order valence-corrected chi connectivity index (χ0v) is 12.0. The average Bonchev–Trinajstić information content (AvgIpc) is 2.43. The molecular formula is C13H20N4O3. The minimum absolute atomic E-state index is 0.0285. The van der Waals surface area contributed by atoms with Gasteiger partial charge in [-0.25, -0.2) is 0 Å². The van der Waals surface area contributed by atoms with E-state index in [1.807, 2.05) is 13.8 Å². The highest BCUT2D eigenvalue weighted by Crippen LogP contribution is 2.32. The van der Waals surface area contributed by atoms with Gasteiger partial charge in [-0.15, -0.1) is 0 Å². The van der Waals surface area contributed by atoms with E-state index in [9.17, 15) is 14.9 Å². The van der Waals surface area contributed by atoms with Gasteiger partial charge in [0.15, 0.2) is 0 Å². The number of benzene rings is 1. The Morgan fingerprint density at radius 1 is 1.30 bits per heavy atom. The summed E-state index contributed by atoms with van der Waals surface area (Å²) in [6, 6.07) is 4.95. The van der Waals surface area contributed by atoms with E-state index < -0.39 is 4.92 Å². The number of hydrogen-bond acceptors (Lipinski definition) is 5. The molecule has 2 N–H and O–H groups in total. The summed E-state index contributed by atoms with van der Waals surface area (Å²) in [5, 5.41) is 17.0. The number of carbonyl (C=O) groups is 1. The van der Waals surface area contributed by atoms with Crippen LogP contribution in [0, 0.1) is 10.1 Å². The van der Waals surface area contributed by atoms with Gasteiger partial charge in [-0.2, -0.15) is 0 Å². The Morgan fingerprint density at radius 3 is 2.40 bits per heavy atom. The molecule has 0 aliphatic carbocycles. The second-order valence-electron chi connectivity index (χ2n) is 4.25. The van der Waals surface area contributed by atoms with Crippen LogP contribution in [0.25, 0.3) is 0 Å². The molecule has 1 amide bonds. The van der Waals surface area contributed by atoms with Gasteiger partial charge in [-0.3, -0.25) is 14.9 Å². The SMILES string of the molecule is CCNc1cccc(NCC(=O)N(C)CC)c1[N+](=O)[O-]. The molecule has 0 saturated heterocycles. The first-order chi connectivity index (χ1) is 9.51. The van der Waals surface area contributed by atoms with Gasteiger partial charge in [0.05, 0.1) is 11.5 Å². The Morgan fingerprint density at radius 2 is 1.90 bits per heavy atom. The molecule has 0 bridgehead atoms. The van der Waals surface area contributed by atoms with Gasteiger partial charge in [-0.05, 0) is 26.0 Å². The predicted molar refractivity (Wildman–Crippen MR) is 79.1 cm³/mol. The molecule has 0 unspecified atom stereocenters. The number of hydrogen-bond donors (Lipinski definition) is 2. The molecule has 0 atom stereocenters. The number of carbonyl (C=O) groups excluding carboxylic acids is 1. The molecule has 0 radical (unpaired) electrons. The number of nitrogens with zero attached hydrogens (tertiary/aromatic N) is 2. The molecule has 20 heavy (non-hydrogen) atoms. The number of likely N-dealkylation sites (N-methyl/N-ethyl adjacent to an activating group) is 1. The van der Waals surface area contributed by atoms with E-state index in [4.69, 9.17) is 0 Å². The first kappa shape index (κ1) is 15.7. The zero-order chi connectivity index (χ0) is 15.1. The fourth-order valence-electron chi connectivity index (χ4n) is 1.70. The van der Waals surface area contributed by atoms with Crippen molar-refractivity contribution < 1.29 is 9.72 Å². The molecular weight excluding hydrogens is 260 g/mol. The summed E-state index contributed by atoms with van der Waals surface area (Å²) in [7, 11) is 1.69. The lowest BCUT2D eigenvalue weighted by molar-refractivity contribution is -0.383. The molecule has 0 aromatic heterocycles. The molecule has 0 aliphatic rings. The third-order valence-corrected chi connectivity index (χ3v) is 2.92. The van der Waals surface area contributed by atoms with E-state index >= 15 is 0 Å². The lowest BCUT2D eigenvalue weighted by Gasteiger charge is -2.16. The largest absolute Gasteiger partial charge is 0.380 e. The molecule has 1 rings (SSSR count). The predicted octanol–water partition coefficient (Wildman–Crippen LogP) is 1.92. The molecule has 0 fully saturated rings. The number of nitrogens with one attached hydrogen (secondary N) is 2. The summed E-state index contributed by atoms with van der Waals surface area (Å²) >= 11 is 0. The van der Waals surface area contributed by atoms with Crippen molar-refractivity contribution in [1.29, 1.82) is 0 Å². The van der Waals surface area contributed by atoms with E-state index in [-0.39, 0.29) is 18.1 Å². The number of nitro benzene ring substituents is 1.